The lowest BCUT2D eigenvalue weighted by atomic mass is 10.1. The van der Waals surface area contributed by atoms with Crippen LogP contribution in [0.1, 0.15) is 22.5 Å². The number of nitrogens with zero attached hydrogens (tertiary/aromatic N) is 2. The molecule has 2 aromatic heterocycles. The molecule has 1 atom stereocenters. The lowest BCUT2D eigenvalue weighted by Crippen LogP contribution is -2.31. The third-order valence-electron chi connectivity index (χ3n) is 5.15. The van der Waals surface area contributed by atoms with Crippen LogP contribution in [0.15, 0.2) is 47.0 Å². The van der Waals surface area contributed by atoms with Crippen LogP contribution in [-0.2, 0) is 22.7 Å². The molecule has 32 heavy (non-hydrogen) atoms. The van der Waals surface area contributed by atoms with Crippen molar-refractivity contribution in [2.75, 3.05) is 26.0 Å². The average Bonchev–Trinajstić information content (AvgIpc) is 3.12. The summed E-state index contributed by atoms with van der Waals surface area (Å²) in [4.78, 5) is 29.4. The fourth-order valence-electron chi connectivity index (χ4n) is 3.33. The first-order valence-corrected chi connectivity index (χ1v) is 10.4. The molecule has 0 spiro atoms. The molecule has 2 heterocycles. The van der Waals surface area contributed by atoms with Gasteiger partial charge in [-0.3, -0.25) is 4.79 Å². The summed E-state index contributed by atoms with van der Waals surface area (Å²) in [5.41, 5.74) is 9.20. The molecule has 0 aliphatic heterocycles. The summed E-state index contributed by atoms with van der Waals surface area (Å²) < 4.78 is 5.91. The van der Waals surface area contributed by atoms with Crippen LogP contribution in [-0.4, -0.2) is 48.8 Å². The van der Waals surface area contributed by atoms with E-state index in [4.69, 9.17) is 10.2 Å². The Morgan fingerprint density at radius 3 is 2.84 bits per heavy atom. The Kier molecular flexibility index (Phi) is 7.75. The number of para-hydroxylation sites is 1. The number of nitrogens with two attached hydrogens (primary N) is 1. The van der Waals surface area contributed by atoms with Crippen molar-refractivity contribution in [1.29, 1.82) is 0 Å². The average molecular weight is 436 g/mol. The Hall–Kier alpha value is -3.49. The Morgan fingerprint density at radius 1 is 1.34 bits per heavy atom. The molecule has 3 aromatic rings. The number of aryl methyl sites for hydroxylation is 1. The van der Waals surface area contributed by atoms with Gasteiger partial charge in [0, 0.05) is 48.9 Å². The maximum Gasteiger partial charge on any atom is 0.246 e. The van der Waals surface area contributed by atoms with Gasteiger partial charge >= 0.3 is 0 Å². The van der Waals surface area contributed by atoms with Gasteiger partial charge in [0.1, 0.15) is 23.4 Å². The first-order valence-electron chi connectivity index (χ1n) is 10.4. The number of fused-ring (bicyclic) bond motifs is 1. The normalized spacial score (nSPS) is 12.2. The van der Waals surface area contributed by atoms with E-state index < -0.39 is 6.04 Å². The van der Waals surface area contributed by atoms with Crippen molar-refractivity contribution in [1.82, 2.24) is 15.2 Å². The number of amides is 1. The number of aldehydes is 1. The fourth-order valence-corrected chi connectivity index (χ4v) is 3.33. The molecule has 1 amide bonds. The maximum absolute atomic E-state index is 12.6. The predicted octanol–water partition coefficient (Wildman–Crippen LogP) is 2.47. The van der Waals surface area contributed by atoms with Crippen LogP contribution in [0.25, 0.3) is 17.0 Å². The zero-order valence-electron chi connectivity index (χ0n) is 18.6. The molecule has 0 saturated carbocycles. The van der Waals surface area contributed by atoms with Crippen LogP contribution in [0.5, 0.6) is 0 Å². The number of likely N-dealkylation sites (N-methyl/N-ethyl adjacent to an activating group) is 1. The van der Waals surface area contributed by atoms with Crippen LogP contribution in [0.4, 0.5) is 5.82 Å². The van der Waals surface area contributed by atoms with Crippen molar-refractivity contribution in [2.45, 2.75) is 26.1 Å². The van der Waals surface area contributed by atoms with Gasteiger partial charge in [-0.15, -0.1) is 0 Å². The molecule has 1 aromatic carbocycles. The Balaban J connectivity index is 1.68. The maximum atomic E-state index is 12.6. The number of hydrogen-bond donors (Lipinski definition) is 3. The number of carbonyl (C=O) groups excluding carboxylic acids is 2. The van der Waals surface area contributed by atoms with Crippen LogP contribution in [0.3, 0.4) is 0 Å². The Morgan fingerprint density at radius 2 is 2.12 bits per heavy atom. The van der Waals surface area contributed by atoms with Gasteiger partial charge in [-0.1, -0.05) is 18.2 Å². The van der Waals surface area contributed by atoms with E-state index in [-0.39, 0.29) is 5.91 Å². The predicted molar refractivity (Wildman–Crippen MR) is 126 cm³/mol. The van der Waals surface area contributed by atoms with Gasteiger partial charge in [-0.05, 0) is 37.7 Å². The second-order valence-electron chi connectivity index (χ2n) is 7.66. The number of anilines is 1. The Labute approximate surface area is 187 Å². The minimum Gasteiger partial charge on any atom is -0.459 e. The van der Waals surface area contributed by atoms with E-state index in [2.05, 4.69) is 15.6 Å². The molecular formula is C24H29N5O3. The van der Waals surface area contributed by atoms with Crippen LogP contribution < -0.4 is 16.4 Å². The van der Waals surface area contributed by atoms with Gasteiger partial charge in [-0.25, -0.2) is 4.98 Å². The summed E-state index contributed by atoms with van der Waals surface area (Å²) >= 11 is 0. The van der Waals surface area contributed by atoms with Crippen LogP contribution in [0.2, 0.25) is 0 Å². The van der Waals surface area contributed by atoms with E-state index >= 15 is 0 Å². The highest BCUT2D eigenvalue weighted by molar-refractivity contribution is 5.91. The highest BCUT2D eigenvalue weighted by Gasteiger charge is 2.14. The smallest absolute Gasteiger partial charge is 0.246 e. The number of benzene rings is 1. The van der Waals surface area contributed by atoms with E-state index in [0.717, 1.165) is 33.4 Å². The van der Waals surface area contributed by atoms with Gasteiger partial charge in [0.25, 0.3) is 0 Å². The van der Waals surface area contributed by atoms with E-state index in [9.17, 15) is 9.59 Å². The van der Waals surface area contributed by atoms with Gasteiger partial charge in [-0.2, -0.15) is 0 Å². The molecule has 4 N–H and O–H groups in total. The van der Waals surface area contributed by atoms with Crippen molar-refractivity contribution in [2.24, 2.45) is 5.73 Å². The molecule has 0 aliphatic rings. The topological polar surface area (TPSA) is 113 Å². The van der Waals surface area contributed by atoms with Gasteiger partial charge in [0.15, 0.2) is 0 Å². The largest absolute Gasteiger partial charge is 0.459 e. The second-order valence-corrected chi connectivity index (χ2v) is 7.66. The zero-order chi connectivity index (χ0) is 23.1. The minimum atomic E-state index is -0.595. The SMILES string of the molecule is CNCc1cc(/C=C/C(=O)N(C)Cc2oc3ccccc3c2C)cnc1NCC(N)C=O. The lowest BCUT2D eigenvalue weighted by Gasteiger charge is -2.14. The highest BCUT2D eigenvalue weighted by atomic mass is 16.3. The van der Waals surface area contributed by atoms with Gasteiger partial charge < -0.3 is 30.5 Å². The van der Waals surface area contributed by atoms with Crippen molar-refractivity contribution in [3.8, 4) is 0 Å². The van der Waals surface area contributed by atoms with E-state index in [1.54, 1.807) is 24.2 Å². The number of hydrogen-bond acceptors (Lipinski definition) is 7. The van der Waals surface area contributed by atoms with Gasteiger partial charge in [0.2, 0.25) is 5.91 Å². The summed E-state index contributed by atoms with van der Waals surface area (Å²) in [6, 6.07) is 9.18. The molecule has 0 saturated heterocycles. The first kappa shape index (κ1) is 23.2. The molecule has 168 valence electrons. The lowest BCUT2D eigenvalue weighted by molar-refractivity contribution is -0.125. The molecule has 0 bridgehead atoms. The van der Waals surface area contributed by atoms with E-state index in [0.29, 0.717) is 31.7 Å². The summed E-state index contributed by atoms with van der Waals surface area (Å²) in [5.74, 6) is 1.29. The fraction of sp³-hybridized carbons (Fsp3) is 0.292. The number of carbonyl (C=O) groups is 2. The molecule has 0 radical (unpaired) electrons. The Bertz CT molecular complexity index is 1120. The summed E-state index contributed by atoms with van der Waals surface area (Å²) in [7, 11) is 3.58. The molecule has 0 aliphatic carbocycles. The zero-order valence-corrected chi connectivity index (χ0v) is 18.6. The van der Waals surface area contributed by atoms with E-state index in [1.807, 2.05) is 44.3 Å². The van der Waals surface area contributed by atoms with Crippen LogP contribution in [0, 0.1) is 6.92 Å². The molecule has 8 nitrogen and oxygen atoms in total. The number of aromatic nitrogens is 1. The minimum absolute atomic E-state index is 0.140. The van der Waals surface area contributed by atoms with E-state index in [1.165, 1.54) is 6.08 Å². The quantitative estimate of drug-likeness (QED) is 0.331. The molecule has 0 fully saturated rings. The highest BCUT2D eigenvalue weighted by Crippen LogP contribution is 2.25. The molecular weight excluding hydrogens is 406 g/mol. The number of furan rings is 1. The third kappa shape index (κ3) is 5.60. The first-order chi connectivity index (χ1) is 15.4. The molecule has 8 heteroatoms. The number of pyridine rings is 1. The van der Waals surface area contributed by atoms with Crippen molar-refractivity contribution in [3.05, 3.63) is 65.1 Å². The van der Waals surface area contributed by atoms with Gasteiger partial charge in [0.05, 0.1) is 12.6 Å². The summed E-state index contributed by atoms with van der Waals surface area (Å²) in [6.45, 7) is 3.26. The summed E-state index contributed by atoms with van der Waals surface area (Å²) in [6.07, 6.45) is 5.61. The van der Waals surface area contributed by atoms with Crippen molar-refractivity contribution < 1.29 is 14.0 Å². The van der Waals surface area contributed by atoms with Crippen molar-refractivity contribution in [3.63, 3.8) is 0 Å². The molecule has 3 rings (SSSR count). The monoisotopic (exact) mass is 435 g/mol. The van der Waals surface area contributed by atoms with Crippen molar-refractivity contribution >= 4 is 35.1 Å². The number of rotatable bonds is 10. The second kappa shape index (κ2) is 10.7. The number of nitrogens with one attached hydrogen (secondary N) is 2. The standard InChI is InChI=1S/C24H29N5O3/c1-16-20-6-4-5-7-21(20)32-22(16)14-29(3)23(31)9-8-17-10-18(12-26-2)24(27-11-17)28-13-19(25)15-30/h4-11,15,19,26H,12-14,25H2,1-3H3,(H,27,28)/b9-8+. The third-order valence-corrected chi connectivity index (χ3v) is 5.15. The van der Waals surface area contributed by atoms with Crippen LogP contribution >= 0.6 is 0 Å². The molecule has 1 unspecified atom stereocenters. The summed E-state index contributed by atoms with van der Waals surface area (Å²) in [5, 5.41) is 7.23.